The van der Waals surface area contributed by atoms with Gasteiger partial charge in [0.1, 0.15) is 0 Å². The quantitative estimate of drug-likeness (QED) is 0.476. The Balaban J connectivity index is 1.83. The monoisotopic (exact) mass is 421 g/mol. The van der Waals surface area contributed by atoms with Crippen molar-refractivity contribution in [2.24, 2.45) is 0 Å². The first-order valence-electron chi connectivity index (χ1n) is 8.80. The minimum absolute atomic E-state index is 0.0230. The van der Waals surface area contributed by atoms with Crippen LogP contribution in [-0.4, -0.2) is 18.4 Å². The minimum Gasteiger partial charge on any atom is -0.247 e. The van der Waals surface area contributed by atoms with Crippen molar-refractivity contribution in [1.29, 1.82) is 0 Å². The van der Waals surface area contributed by atoms with E-state index in [2.05, 4.69) is 14.7 Å². The molecule has 3 aromatic carbocycles. The minimum atomic E-state index is -3.83. The Labute approximate surface area is 174 Å². The van der Waals surface area contributed by atoms with Gasteiger partial charge in [0.2, 0.25) is 5.95 Å². The largest absolute Gasteiger partial charge is 0.264 e. The van der Waals surface area contributed by atoms with Crippen molar-refractivity contribution in [2.45, 2.75) is 4.90 Å². The van der Waals surface area contributed by atoms with Crippen LogP contribution in [0.1, 0.15) is 0 Å². The lowest BCUT2D eigenvalue weighted by atomic mass is 10.1. The maximum absolute atomic E-state index is 12.7. The predicted molar refractivity (Wildman–Crippen MR) is 115 cm³/mol. The van der Waals surface area contributed by atoms with Gasteiger partial charge >= 0.3 is 0 Å². The summed E-state index contributed by atoms with van der Waals surface area (Å²) in [5.41, 5.74) is 2.63. The van der Waals surface area contributed by atoms with Crippen molar-refractivity contribution in [3.8, 4) is 22.5 Å². The first-order valence-corrected chi connectivity index (χ1v) is 10.7. The molecule has 1 heterocycles. The molecule has 0 saturated heterocycles. The average Bonchev–Trinajstić information content (AvgIpc) is 2.75. The van der Waals surface area contributed by atoms with E-state index < -0.39 is 10.0 Å². The molecule has 0 bridgehead atoms. The number of anilines is 1. The Morgan fingerprint density at radius 3 is 2.00 bits per heavy atom. The summed E-state index contributed by atoms with van der Waals surface area (Å²) in [6.45, 7) is 0. The first kappa shape index (κ1) is 19.1. The third kappa shape index (κ3) is 4.29. The smallest absolute Gasteiger partial charge is 0.247 e. The molecule has 0 aliphatic carbocycles. The normalized spacial score (nSPS) is 11.2. The SMILES string of the molecule is O=S(=O)(Nc1nc(-c2ccccc2)cc(-c2ccccc2Cl)n1)c1ccccc1. The molecule has 0 radical (unpaired) electrons. The highest BCUT2D eigenvalue weighted by molar-refractivity contribution is 7.92. The van der Waals surface area contributed by atoms with Crippen LogP contribution in [0.15, 0.2) is 95.9 Å². The summed E-state index contributed by atoms with van der Waals surface area (Å²) in [7, 11) is -3.83. The van der Waals surface area contributed by atoms with Crippen LogP contribution in [0.25, 0.3) is 22.5 Å². The third-order valence-corrected chi connectivity index (χ3v) is 5.90. The summed E-state index contributed by atoms with van der Waals surface area (Å²) in [5.74, 6) is -0.0230. The number of sulfonamides is 1. The molecule has 1 N–H and O–H groups in total. The van der Waals surface area contributed by atoms with Gasteiger partial charge in [-0.25, -0.2) is 23.1 Å². The Hall–Kier alpha value is -3.22. The Bertz CT molecular complexity index is 1250. The number of halogens is 1. The van der Waals surface area contributed by atoms with Crippen molar-refractivity contribution in [3.05, 3.63) is 96.0 Å². The highest BCUT2D eigenvalue weighted by Gasteiger charge is 2.17. The summed E-state index contributed by atoms with van der Waals surface area (Å²) in [6, 6.07) is 26.6. The number of hydrogen-bond acceptors (Lipinski definition) is 4. The fraction of sp³-hybridized carbons (Fsp3) is 0. The molecule has 0 amide bonds. The molecule has 0 saturated carbocycles. The fourth-order valence-electron chi connectivity index (χ4n) is 2.84. The van der Waals surface area contributed by atoms with Crippen molar-refractivity contribution < 1.29 is 8.42 Å². The molecular formula is C22H16ClN3O2S. The number of nitrogens with zero attached hydrogens (tertiary/aromatic N) is 2. The van der Waals surface area contributed by atoms with E-state index in [1.165, 1.54) is 12.1 Å². The van der Waals surface area contributed by atoms with Crippen LogP contribution in [0.4, 0.5) is 5.95 Å². The van der Waals surface area contributed by atoms with E-state index in [1.807, 2.05) is 48.5 Å². The van der Waals surface area contributed by atoms with Gasteiger partial charge in [-0.05, 0) is 24.3 Å². The third-order valence-electron chi connectivity index (χ3n) is 4.22. The number of benzene rings is 3. The number of aromatic nitrogens is 2. The summed E-state index contributed by atoms with van der Waals surface area (Å²) in [6.07, 6.45) is 0. The highest BCUT2D eigenvalue weighted by Crippen LogP contribution is 2.30. The second-order valence-corrected chi connectivity index (χ2v) is 8.32. The van der Waals surface area contributed by atoms with Gasteiger partial charge in [0, 0.05) is 16.1 Å². The van der Waals surface area contributed by atoms with E-state index in [4.69, 9.17) is 11.6 Å². The molecule has 0 unspecified atom stereocenters. The summed E-state index contributed by atoms with van der Waals surface area (Å²) in [4.78, 5) is 8.97. The lowest BCUT2D eigenvalue weighted by Gasteiger charge is -2.11. The van der Waals surface area contributed by atoms with Crippen molar-refractivity contribution in [2.75, 3.05) is 4.72 Å². The van der Waals surface area contributed by atoms with Gasteiger partial charge < -0.3 is 0 Å². The van der Waals surface area contributed by atoms with Crippen LogP contribution in [-0.2, 0) is 10.0 Å². The summed E-state index contributed by atoms with van der Waals surface area (Å²) >= 11 is 6.34. The zero-order chi connectivity index (χ0) is 20.3. The van der Waals surface area contributed by atoms with E-state index >= 15 is 0 Å². The highest BCUT2D eigenvalue weighted by atomic mass is 35.5. The number of hydrogen-bond donors (Lipinski definition) is 1. The summed E-state index contributed by atoms with van der Waals surface area (Å²) < 4.78 is 28.0. The Morgan fingerprint density at radius 2 is 1.31 bits per heavy atom. The number of rotatable bonds is 5. The van der Waals surface area contributed by atoms with Crippen LogP contribution >= 0.6 is 11.6 Å². The van der Waals surface area contributed by atoms with Crippen LogP contribution in [0.3, 0.4) is 0 Å². The fourth-order valence-corrected chi connectivity index (χ4v) is 4.03. The Morgan fingerprint density at radius 1 is 0.724 bits per heavy atom. The lowest BCUT2D eigenvalue weighted by Crippen LogP contribution is -2.15. The second kappa shape index (κ2) is 8.03. The van der Waals surface area contributed by atoms with Gasteiger partial charge in [0.25, 0.3) is 10.0 Å². The molecule has 5 nitrogen and oxygen atoms in total. The zero-order valence-corrected chi connectivity index (χ0v) is 16.7. The molecule has 0 aliphatic rings. The molecule has 29 heavy (non-hydrogen) atoms. The van der Waals surface area contributed by atoms with Gasteiger partial charge in [-0.3, -0.25) is 0 Å². The van der Waals surface area contributed by atoms with Crippen molar-refractivity contribution in [3.63, 3.8) is 0 Å². The molecule has 4 rings (SSSR count). The molecule has 144 valence electrons. The Kier molecular flexibility index (Phi) is 5.29. The van der Waals surface area contributed by atoms with E-state index in [1.54, 1.807) is 30.3 Å². The predicted octanol–water partition coefficient (Wildman–Crippen LogP) is 5.26. The topological polar surface area (TPSA) is 72.0 Å². The molecule has 0 atom stereocenters. The van der Waals surface area contributed by atoms with Gasteiger partial charge in [0.05, 0.1) is 16.3 Å². The van der Waals surface area contributed by atoms with E-state index in [9.17, 15) is 8.42 Å². The van der Waals surface area contributed by atoms with Gasteiger partial charge in [-0.1, -0.05) is 78.3 Å². The van der Waals surface area contributed by atoms with Gasteiger partial charge in [-0.15, -0.1) is 0 Å². The molecule has 1 aromatic heterocycles. The van der Waals surface area contributed by atoms with Crippen LogP contribution < -0.4 is 4.72 Å². The average molecular weight is 422 g/mol. The van der Waals surface area contributed by atoms with Crippen LogP contribution in [0, 0.1) is 0 Å². The standard InChI is InChI=1S/C22H16ClN3O2S/c23-19-14-8-7-13-18(19)21-15-20(16-9-3-1-4-10-16)24-22(25-21)26-29(27,28)17-11-5-2-6-12-17/h1-15H,(H,24,25,26). The molecule has 4 aromatic rings. The molecule has 7 heteroatoms. The van der Waals surface area contributed by atoms with Crippen molar-refractivity contribution in [1.82, 2.24) is 9.97 Å². The van der Waals surface area contributed by atoms with E-state index in [0.717, 1.165) is 5.56 Å². The molecule has 0 aliphatic heterocycles. The van der Waals surface area contributed by atoms with Crippen LogP contribution in [0.2, 0.25) is 5.02 Å². The maximum Gasteiger partial charge on any atom is 0.264 e. The van der Waals surface area contributed by atoms with Crippen LogP contribution in [0.5, 0.6) is 0 Å². The lowest BCUT2D eigenvalue weighted by molar-refractivity contribution is 0.601. The van der Waals surface area contributed by atoms with Crippen molar-refractivity contribution >= 4 is 27.6 Å². The van der Waals surface area contributed by atoms with E-state index in [-0.39, 0.29) is 10.8 Å². The molecule has 0 spiro atoms. The molecule has 0 fully saturated rings. The first-order chi connectivity index (χ1) is 14.0. The zero-order valence-electron chi connectivity index (χ0n) is 15.2. The van der Waals surface area contributed by atoms with E-state index in [0.29, 0.717) is 22.0 Å². The summed E-state index contributed by atoms with van der Waals surface area (Å²) in [5, 5.41) is 0.516. The van der Waals surface area contributed by atoms with Gasteiger partial charge in [0.15, 0.2) is 0 Å². The van der Waals surface area contributed by atoms with Gasteiger partial charge in [-0.2, -0.15) is 0 Å². The number of nitrogens with one attached hydrogen (secondary N) is 1. The molecular weight excluding hydrogens is 406 g/mol. The second-order valence-electron chi connectivity index (χ2n) is 6.23. The maximum atomic E-state index is 12.7.